The third-order valence-electron chi connectivity index (χ3n) is 4.21. The molecule has 0 atom stereocenters. The van der Waals surface area contributed by atoms with Crippen LogP contribution in [0.4, 0.5) is 11.4 Å². The second-order valence-electron chi connectivity index (χ2n) is 6.24. The fourth-order valence-corrected chi connectivity index (χ4v) is 2.90. The first-order valence-corrected chi connectivity index (χ1v) is 8.20. The van der Waals surface area contributed by atoms with E-state index in [1.54, 1.807) is 39.8 Å². The monoisotopic (exact) mass is 368 g/mol. The summed E-state index contributed by atoms with van der Waals surface area (Å²) in [6, 6.07) is 6.08. The number of nitro benzene ring substituents is 2. The second-order valence-corrected chi connectivity index (χ2v) is 6.24. The number of rotatable bonds is 6. The molecule has 7 heteroatoms. The number of nitro groups is 2. The number of aryl methyl sites for hydroxylation is 4. The Morgan fingerprint density at radius 2 is 1.00 bits per heavy atom. The van der Waals surface area contributed by atoms with Crippen molar-refractivity contribution in [1.29, 1.82) is 0 Å². The van der Waals surface area contributed by atoms with Gasteiger partial charge in [0.2, 0.25) is 0 Å². The van der Waals surface area contributed by atoms with Crippen molar-refractivity contribution in [2.24, 2.45) is 0 Å². The van der Waals surface area contributed by atoms with E-state index in [1.165, 1.54) is 36.8 Å². The van der Waals surface area contributed by atoms with Gasteiger partial charge < -0.3 is 4.74 Å². The van der Waals surface area contributed by atoms with E-state index in [0.29, 0.717) is 0 Å². The van der Waals surface area contributed by atoms with Crippen molar-refractivity contribution in [2.75, 3.05) is 0 Å². The standard InChI is InChI=1S/C20H20N2O5/c1-13-9-17(21(23)24)10-14(2)19(13)5-7-27-8-6-20-15(3)11-18(22(25)26)12-16(20)4/h5-12H,1-4H3. The van der Waals surface area contributed by atoms with E-state index in [2.05, 4.69) is 0 Å². The lowest BCUT2D eigenvalue weighted by Crippen LogP contribution is -1.93. The van der Waals surface area contributed by atoms with Crippen LogP contribution in [0.5, 0.6) is 0 Å². The van der Waals surface area contributed by atoms with Gasteiger partial charge in [0.15, 0.2) is 0 Å². The zero-order chi connectivity index (χ0) is 20.1. The zero-order valence-electron chi connectivity index (χ0n) is 15.6. The molecule has 2 aromatic rings. The molecule has 0 spiro atoms. The fourth-order valence-electron chi connectivity index (χ4n) is 2.90. The van der Waals surface area contributed by atoms with Gasteiger partial charge in [-0.15, -0.1) is 0 Å². The van der Waals surface area contributed by atoms with Crippen LogP contribution in [-0.2, 0) is 4.74 Å². The highest BCUT2D eigenvalue weighted by molar-refractivity contribution is 5.61. The molecule has 0 amide bonds. The average Bonchev–Trinajstić information content (AvgIpc) is 2.57. The van der Waals surface area contributed by atoms with E-state index in [0.717, 1.165) is 33.4 Å². The van der Waals surface area contributed by atoms with Crippen molar-refractivity contribution in [2.45, 2.75) is 27.7 Å². The minimum Gasteiger partial charge on any atom is -0.473 e. The summed E-state index contributed by atoms with van der Waals surface area (Å²) in [7, 11) is 0. The molecule has 0 unspecified atom stereocenters. The summed E-state index contributed by atoms with van der Waals surface area (Å²) >= 11 is 0. The molecule has 140 valence electrons. The Morgan fingerprint density at radius 1 is 0.704 bits per heavy atom. The molecule has 0 aliphatic carbocycles. The quantitative estimate of drug-likeness (QED) is 0.387. The number of ether oxygens (including phenoxy) is 1. The summed E-state index contributed by atoms with van der Waals surface area (Å²) in [6.45, 7) is 7.22. The van der Waals surface area contributed by atoms with Crippen molar-refractivity contribution in [1.82, 2.24) is 0 Å². The maximum Gasteiger partial charge on any atom is 0.269 e. The van der Waals surface area contributed by atoms with E-state index < -0.39 is 9.85 Å². The third-order valence-corrected chi connectivity index (χ3v) is 4.21. The summed E-state index contributed by atoms with van der Waals surface area (Å²) in [4.78, 5) is 20.9. The predicted molar refractivity (Wildman–Crippen MR) is 104 cm³/mol. The largest absolute Gasteiger partial charge is 0.473 e. The summed E-state index contributed by atoms with van der Waals surface area (Å²) < 4.78 is 5.39. The van der Waals surface area contributed by atoms with Crippen LogP contribution < -0.4 is 0 Å². The van der Waals surface area contributed by atoms with Gasteiger partial charge in [-0.2, -0.15) is 0 Å². The molecule has 0 saturated heterocycles. The number of hydrogen-bond donors (Lipinski definition) is 0. The molecule has 0 bridgehead atoms. The van der Waals surface area contributed by atoms with E-state index in [1.807, 2.05) is 0 Å². The number of hydrogen-bond acceptors (Lipinski definition) is 5. The number of benzene rings is 2. The Balaban J connectivity index is 2.13. The van der Waals surface area contributed by atoms with Gasteiger partial charge in [-0.25, -0.2) is 0 Å². The molecule has 0 aromatic heterocycles. The molecule has 0 radical (unpaired) electrons. The highest BCUT2D eigenvalue weighted by Gasteiger charge is 2.11. The van der Waals surface area contributed by atoms with Crippen molar-refractivity contribution in [3.05, 3.63) is 90.4 Å². The van der Waals surface area contributed by atoms with Crippen molar-refractivity contribution < 1.29 is 14.6 Å². The van der Waals surface area contributed by atoms with Crippen LogP contribution in [0.15, 0.2) is 36.8 Å². The van der Waals surface area contributed by atoms with E-state index in [4.69, 9.17) is 4.74 Å². The molecule has 2 aromatic carbocycles. The highest BCUT2D eigenvalue weighted by Crippen LogP contribution is 2.24. The Hall–Kier alpha value is -3.48. The molecule has 0 N–H and O–H groups in total. The average molecular weight is 368 g/mol. The first-order chi connectivity index (χ1) is 12.7. The molecule has 7 nitrogen and oxygen atoms in total. The van der Waals surface area contributed by atoms with Crippen LogP contribution in [0.1, 0.15) is 33.4 Å². The minimum absolute atomic E-state index is 0.0621. The van der Waals surface area contributed by atoms with Gasteiger partial charge >= 0.3 is 0 Å². The molecule has 2 rings (SSSR count). The van der Waals surface area contributed by atoms with Crippen LogP contribution in [0, 0.1) is 47.9 Å². The van der Waals surface area contributed by atoms with Crippen LogP contribution >= 0.6 is 0 Å². The fraction of sp³-hybridized carbons (Fsp3) is 0.200. The van der Waals surface area contributed by atoms with Gasteiger partial charge in [0, 0.05) is 24.3 Å². The lowest BCUT2D eigenvalue weighted by molar-refractivity contribution is -0.385. The smallest absolute Gasteiger partial charge is 0.269 e. The molecule has 0 saturated carbocycles. The Kier molecular flexibility index (Phi) is 6.07. The predicted octanol–water partition coefficient (Wildman–Crippen LogP) is 5.39. The minimum atomic E-state index is -0.415. The summed E-state index contributed by atoms with van der Waals surface area (Å²) in [5.41, 5.74) is 4.98. The lowest BCUT2D eigenvalue weighted by Gasteiger charge is -2.06. The normalized spacial score (nSPS) is 11.3. The lowest BCUT2D eigenvalue weighted by atomic mass is 10.0. The topological polar surface area (TPSA) is 95.5 Å². The maximum absolute atomic E-state index is 10.9. The zero-order valence-corrected chi connectivity index (χ0v) is 15.6. The molecule has 27 heavy (non-hydrogen) atoms. The van der Waals surface area contributed by atoms with Gasteiger partial charge in [0.1, 0.15) is 0 Å². The van der Waals surface area contributed by atoms with E-state index in [9.17, 15) is 20.2 Å². The highest BCUT2D eigenvalue weighted by atomic mass is 16.6. The van der Waals surface area contributed by atoms with Crippen LogP contribution in [0.3, 0.4) is 0 Å². The van der Waals surface area contributed by atoms with Crippen molar-refractivity contribution >= 4 is 23.5 Å². The molecule has 0 fully saturated rings. The first kappa shape index (κ1) is 19.8. The van der Waals surface area contributed by atoms with Gasteiger partial charge in [-0.05, 0) is 73.2 Å². The summed E-state index contributed by atoms with van der Waals surface area (Å²) in [5, 5.41) is 21.8. The van der Waals surface area contributed by atoms with Gasteiger partial charge in [0.05, 0.1) is 22.4 Å². The van der Waals surface area contributed by atoms with E-state index in [-0.39, 0.29) is 11.4 Å². The second kappa shape index (κ2) is 8.27. The Bertz CT molecular complexity index is 837. The van der Waals surface area contributed by atoms with Crippen molar-refractivity contribution in [3.8, 4) is 0 Å². The van der Waals surface area contributed by atoms with E-state index >= 15 is 0 Å². The van der Waals surface area contributed by atoms with Gasteiger partial charge in [0.25, 0.3) is 11.4 Å². The number of nitrogens with zero attached hydrogens (tertiary/aromatic N) is 2. The van der Waals surface area contributed by atoms with Gasteiger partial charge in [-0.3, -0.25) is 20.2 Å². The third kappa shape index (κ3) is 4.78. The Morgan fingerprint density at radius 3 is 1.26 bits per heavy atom. The molecule has 0 heterocycles. The maximum atomic E-state index is 10.9. The molecular formula is C20H20N2O5. The summed E-state index contributed by atoms with van der Waals surface area (Å²) in [6.07, 6.45) is 6.48. The first-order valence-electron chi connectivity index (χ1n) is 8.20. The molecule has 0 aliphatic rings. The van der Waals surface area contributed by atoms with Crippen LogP contribution in [-0.4, -0.2) is 9.85 Å². The Labute approximate surface area is 156 Å². The van der Waals surface area contributed by atoms with Crippen LogP contribution in [0.2, 0.25) is 0 Å². The molecule has 0 aliphatic heterocycles. The SMILES string of the molecule is Cc1cc([N+](=O)[O-])cc(C)c1C=COC=Cc1c(C)cc([N+](=O)[O-])cc1C. The number of non-ortho nitro benzene ring substituents is 2. The van der Waals surface area contributed by atoms with Crippen molar-refractivity contribution in [3.63, 3.8) is 0 Å². The van der Waals surface area contributed by atoms with Crippen LogP contribution in [0.25, 0.3) is 12.2 Å². The summed E-state index contributed by atoms with van der Waals surface area (Å²) in [5.74, 6) is 0. The van der Waals surface area contributed by atoms with Gasteiger partial charge in [-0.1, -0.05) is 0 Å². The molecular weight excluding hydrogens is 348 g/mol.